The second kappa shape index (κ2) is 6.40. The molecule has 0 saturated carbocycles. The summed E-state index contributed by atoms with van der Waals surface area (Å²) in [6, 6.07) is 1.44. The first-order valence-electron chi connectivity index (χ1n) is 6.88. The van der Waals surface area contributed by atoms with Crippen molar-refractivity contribution in [1.29, 1.82) is 0 Å². The average molecular weight is 313 g/mol. The van der Waals surface area contributed by atoms with Crippen LogP contribution < -0.4 is 10.6 Å². The van der Waals surface area contributed by atoms with Crippen LogP contribution in [-0.4, -0.2) is 29.0 Å². The molecule has 1 amide bonds. The summed E-state index contributed by atoms with van der Waals surface area (Å²) in [6.07, 6.45) is 1.25. The summed E-state index contributed by atoms with van der Waals surface area (Å²) in [5.41, 5.74) is 5.25. The maximum Gasteiger partial charge on any atom is 0.304 e. The number of nitrogens with two attached hydrogens (primary N) is 1. The van der Waals surface area contributed by atoms with E-state index in [1.807, 2.05) is 4.90 Å². The standard InChI is InChI=1S/C13H19N3O4S/c1-8(17)11-7-10(16(19)20)13(21-11)15-4-2-9(3-5-15)6-12(14)18/h7-9,17H,2-6H2,1H3,(H2,14,18)/t8-/m0/s1. The molecule has 1 atom stereocenters. The highest BCUT2D eigenvalue weighted by Gasteiger charge is 2.28. The van der Waals surface area contributed by atoms with E-state index in [2.05, 4.69) is 0 Å². The highest BCUT2D eigenvalue weighted by molar-refractivity contribution is 7.16. The molecule has 0 aromatic carbocycles. The monoisotopic (exact) mass is 313 g/mol. The Balaban J connectivity index is 2.12. The Morgan fingerprint density at radius 3 is 2.71 bits per heavy atom. The molecule has 0 bridgehead atoms. The Morgan fingerprint density at radius 1 is 1.62 bits per heavy atom. The molecule has 116 valence electrons. The Bertz CT molecular complexity index is 536. The van der Waals surface area contributed by atoms with Crippen molar-refractivity contribution < 1.29 is 14.8 Å². The number of aliphatic hydroxyl groups is 1. The lowest BCUT2D eigenvalue weighted by Gasteiger charge is -2.31. The normalized spacial score (nSPS) is 17.7. The van der Waals surface area contributed by atoms with E-state index in [1.165, 1.54) is 17.4 Å². The van der Waals surface area contributed by atoms with Gasteiger partial charge in [0.05, 0.1) is 11.0 Å². The first-order chi connectivity index (χ1) is 9.88. The number of thiophene rings is 1. The second-order valence-corrected chi connectivity index (χ2v) is 6.44. The number of hydrogen-bond donors (Lipinski definition) is 2. The maximum absolute atomic E-state index is 11.2. The highest BCUT2D eigenvalue weighted by Crippen LogP contribution is 2.41. The van der Waals surface area contributed by atoms with Crippen LogP contribution in [0.15, 0.2) is 6.07 Å². The molecule has 0 aliphatic carbocycles. The molecular weight excluding hydrogens is 294 g/mol. The lowest BCUT2D eigenvalue weighted by Crippen LogP contribution is -2.34. The van der Waals surface area contributed by atoms with Crippen LogP contribution >= 0.6 is 11.3 Å². The van der Waals surface area contributed by atoms with Gasteiger partial charge in [0.15, 0.2) is 5.00 Å². The van der Waals surface area contributed by atoms with Gasteiger partial charge in [0.1, 0.15) is 0 Å². The van der Waals surface area contributed by atoms with Crippen molar-refractivity contribution >= 4 is 27.9 Å². The number of hydrogen-bond acceptors (Lipinski definition) is 6. The summed E-state index contributed by atoms with van der Waals surface area (Å²) in [4.78, 5) is 24.2. The number of anilines is 1. The lowest BCUT2D eigenvalue weighted by atomic mass is 9.93. The van der Waals surface area contributed by atoms with Crippen LogP contribution in [0.3, 0.4) is 0 Å². The zero-order valence-electron chi connectivity index (χ0n) is 11.8. The van der Waals surface area contributed by atoms with Gasteiger partial charge in [-0.25, -0.2) is 0 Å². The van der Waals surface area contributed by atoms with Gasteiger partial charge in [-0.15, -0.1) is 11.3 Å². The number of nitrogens with zero attached hydrogens (tertiary/aromatic N) is 2. The molecule has 1 aliphatic rings. The van der Waals surface area contributed by atoms with Gasteiger partial charge < -0.3 is 15.7 Å². The number of nitro groups is 1. The molecule has 1 aromatic rings. The second-order valence-electron chi connectivity index (χ2n) is 5.37. The fraction of sp³-hybridized carbons (Fsp3) is 0.615. The van der Waals surface area contributed by atoms with Gasteiger partial charge in [0, 0.05) is 30.5 Å². The molecule has 1 aromatic heterocycles. The summed E-state index contributed by atoms with van der Waals surface area (Å²) < 4.78 is 0. The zero-order valence-corrected chi connectivity index (χ0v) is 12.6. The van der Waals surface area contributed by atoms with E-state index in [9.17, 15) is 20.0 Å². The molecule has 3 N–H and O–H groups in total. The number of rotatable bonds is 5. The molecular formula is C13H19N3O4S. The van der Waals surface area contributed by atoms with E-state index in [0.717, 1.165) is 12.8 Å². The Morgan fingerprint density at radius 2 is 2.24 bits per heavy atom. The summed E-state index contributed by atoms with van der Waals surface area (Å²) >= 11 is 1.26. The van der Waals surface area contributed by atoms with E-state index in [1.54, 1.807) is 6.92 Å². The van der Waals surface area contributed by atoms with E-state index in [-0.39, 0.29) is 17.5 Å². The minimum Gasteiger partial charge on any atom is -0.388 e. The van der Waals surface area contributed by atoms with E-state index >= 15 is 0 Å². The largest absolute Gasteiger partial charge is 0.388 e. The topological polar surface area (TPSA) is 110 Å². The van der Waals surface area contributed by atoms with Crippen molar-refractivity contribution in [3.63, 3.8) is 0 Å². The van der Waals surface area contributed by atoms with Crippen molar-refractivity contribution in [3.05, 3.63) is 21.1 Å². The third-order valence-electron chi connectivity index (χ3n) is 3.71. The van der Waals surface area contributed by atoms with Gasteiger partial charge in [-0.2, -0.15) is 0 Å². The quantitative estimate of drug-likeness (QED) is 0.636. The van der Waals surface area contributed by atoms with Crippen LogP contribution in [0.2, 0.25) is 0 Å². The Kier molecular flexibility index (Phi) is 4.79. The van der Waals surface area contributed by atoms with Crippen LogP contribution in [0.1, 0.15) is 37.2 Å². The minimum absolute atomic E-state index is 0.0456. The highest BCUT2D eigenvalue weighted by atomic mass is 32.1. The summed E-state index contributed by atoms with van der Waals surface area (Å²) in [5, 5.41) is 21.3. The molecule has 8 heteroatoms. The fourth-order valence-electron chi connectivity index (χ4n) is 2.58. The van der Waals surface area contributed by atoms with Crippen LogP contribution in [0.5, 0.6) is 0 Å². The molecule has 1 fully saturated rings. The lowest BCUT2D eigenvalue weighted by molar-refractivity contribution is -0.383. The van der Waals surface area contributed by atoms with Gasteiger partial charge in [-0.1, -0.05) is 0 Å². The number of carbonyl (C=O) groups is 1. The van der Waals surface area contributed by atoms with E-state index in [0.29, 0.717) is 29.4 Å². The number of piperidine rings is 1. The van der Waals surface area contributed by atoms with Crippen molar-refractivity contribution in [1.82, 2.24) is 0 Å². The van der Waals surface area contributed by atoms with Crippen LogP contribution in [0.4, 0.5) is 10.7 Å². The summed E-state index contributed by atoms with van der Waals surface area (Å²) in [5.74, 6) is -0.0408. The minimum atomic E-state index is -0.713. The average Bonchev–Trinajstić information content (AvgIpc) is 2.84. The first kappa shape index (κ1) is 15.7. The maximum atomic E-state index is 11.2. The SMILES string of the molecule is C[C@H](O)c1cc([N+](=O)[O-])c(N2CCC(CC(N)=O)CC2)s1. The molecule has 2 rings (SSSR count). The smallest absolute Gasteiger partial charge is 0.304 e. The fourth-order valence-corrected chi connectivity index (χ4v) is 3.69. The molecule has 7 nitrogen and oxygen atoms in total. The van der Waals surface area contributed by atoms with Gasteiger partial charge in [0.2, 0.25) is 5.91 Å². The number of aliphatic hydroxyl groups excluding tert-OH is 1. The zero-order chi connectivity index (χ0) is 15.6. The predicted octanol–water partition coefficient (Wildman–Crippen LogP) is 1.80. The molecule has 21 heavy (non-hydrogen) atoms. The molecule has 1 saturated heterocycles. The van der Waals surface area contributed by atoms with Gasteiger partial charge in [0.25, 0.3) is 0 Å². The van der Waals surface area contributed by atoms with Gasteiger partial charge >= 0.3 is 5.69 Å². The molecule has 1 aliphatic heterocycles. The van der Waals surface area contributed by atoms with Crippen molar-refractivity contribution in [3.8, 4) is 0 Å². The Labute approximate surface area is 126 Å². The Hall–Kier alpha value is -1.67. The van der Waals surface area contributed by atoms with Crippen LogP contribution in [0.25, 0.3) is 0 Å². The van der Waals surface area contributed by atoms with Crippen LogP contribution in [-0.2, 0) is 4.79 Å². The van der Waals surface area contributed by atoms with E-state index in [4.69, 9.17) is 5.73 Å². The summed E-state index contributed by atoms with van der Waals surface area (Å²) in [7, 11) is 0. The first-order valence-corrected chi connectivity index (χ1v) is 7.69. The van der Waals surface area contributed by atoms with Crippen molar-refractivity contribution in [2.45, 2.75) is 32.3 Å². The molecule has 0 unspecified atom stereocenters. The van der Waals surface area contributed by atoms with Gasteiger partial charge in [-0.05, 0) is 25.7 Å². The van der Waals surface area contributed by atoms with Gasteiger partial charge in [-0.3, -0.25) is 14.9 Å². The van der Waals surface area contributed by atoms with Crippen molar-refractivity contribution in [2.75, 3.05) is 18.0 Å². The number of primary amides is 1. The number of amides is 1. The molecule has 0 radical (unpaired) electrons. The predicted molar refractivity (Wildman–Crippen MR) is 80.4 cm³/mol. The number of carbonyl (C=O) groups excluding carboxylic acids is 1. The summed E-state index contributed by atoms with van der Waals surface area (Å²) in [6.45, 7) is 2.93. The third-order valence-corrected chi connectivity index (χ3v) is 5.07. The third kappa shape index (κ3) is 3.70. The van der Waals surface area contributed by atoms with Crippen molar-refractivity contribution in [2.24, 2.45) is 11.7 Å². The van der Waals surface area contributed by atoms with Crippen LogP contribution in [0, 0.1) is 16.0 Å². The van der Waals surface area contributed by atoms with E-state index < -0.39 is 11.0 Å². The molecule has 2 heterocycles. The molecule has 0 spiro atoms.